The van der Waals surface area contributed by atoms with E-state index in [1.165, 1.54) is 17.4 Å². The molecule has 1 heterocycles. The molecular weight excluding hydrogens is 293 g/mol. The van der Waals surface area contributed by atoms with Gasteiger partial charge in [-0.15, -0.1) is 11.3 Å². The third-order valence-corrected chi connectivity index (χ3v) is 4.40. The van der Waals surface area contributed by atoms with Gasteiger partial charge in [-0.05, 0) is 43.2 Å². The molecule has 0 aliphatic heterocycles. The zero-order valence-corrected chi connectivity index (χ0v) is 12.4. The first-order valence-electron chi connectivity index (χ1n) is 6.36. The van der Waals surface area contributed by atoms with Gasteiger partial charge in [0.1, 0.15) is 5.82 Å². The van der Waals surface area contributed by atoms with Gasteiger partial charge < -0.3 is 10.4 Å². The molecule has 1 aromatic heterocycles. The summed E-state index contributed by atoms with van der Waals surface area (Å²) >= 11 is 1.40. The van der Waals surface area contributed by atoms with Crippen LogP contribution in [0.3, 0.4) is 0 Å². The van der Waals surface area contributed by atoms with Gasteiger partial charge in [-0.25, -0.2) is 9.18 Å². The van der Waals surface area contributed by atoms with E-state index in [9.17, 15) is 14.0 Å². The number of carbonyl (C=O) groups is 2. The highest BCUT2D eigenvalue weighted by atomic mass is 32.1. The van der Waals surface area contributed by atoms with E-state index in [0.717, 1.165) is 29.0 Å². The number of aromatic carboxylic acids is 1. The molecule has 6 heteroatoms. The van der Waals surface area contributed by atoms with Crippen LogP contribution in [-0.4, -0.2) is 17.0 Å². The van der Waals surface area contributed by atoms with Crippen molar-refractivity contribution in [1.82, 2.24) is 0 Å². The van der Waals surface area contributed by atoms with Crippen molar-refractivity contribution in [2.75, 3.05) is 5.32 Å². The van der Waals surface area contributed by atoms with E-state index >= 15 is 0 Å². The highest BCUT2D eigenvalue weighted by Gasteiger charge is 2.14. The van der Waals surface area contributed by atoms with Crippen LogP contribution in [0.5, 0.6) is 0 Å². The molecule has 0 bridgehead atoms. The van der Waals surface area contributed by atoms with Crippen molar-refractivity contribution >= 4 is 28.9 Å². The van der Waals surface area contributed by atoms with E-state index in [2.05, 4.69) is 5.32 Å². The summed E-state index contributed by atoms with van der Waals surface area (Å²) < 4.78 is 13.5. The zero-order valence-electron chi connectivity index (χ0n) is 11.6. The Labute approximate surface area is 125 Å². The predicted molar refractivity (Wildman–Crippen MR) is 79.7 cm³/mol. The van der Waals surface area contributed by atoms with Crippen molar-refractivity contribution in [1.29, 1.82) is 0 Å². The molecule has 0 atom stereocenters. The van der Waals surface area contributed by atoms with Crippen LogP contribution in [0, 0.1) is 12.7 Å². The number of anilines is 1. The fourth-order valence-electron chi connectivity index (χ4n) is 1.94. The molecule has 0 fully saturated rings. The standard InChI is InChI=1S/C15H14FNO3S/c1-3-12-8(2)6-13(21-12)14(18)17-9-4-5-10(15(19)20)11(16)7-9/h4-7H,3H2,1-2H3,(H,17,18)(H,19,20). The molecular formula is C15H14FNO3S. The van der Waals surface area contributed by atoms with Crippen LogP contribution in [0.4, 0.5) is 10.1 Å². The summed E-state index contributed by atoms with van der Waals surface area (Å²) in [6.45, 7) is 3.95. The van der Waals surface area contributed by atoms with Crippen molar-refractivity contribution in [2.24, 2.45) is 0 Å². The number of nitrogens with one attached hydrogen (secondary N) is 1. The Morgan fingerprint density at radius 1 is 1.33 bits per heavy atom. The lowest BCUT2D eigenvalue weighted by Crippen LogP contribution is -2.11. The van der Waals surface area contributed by atoms with E-state index in [-0.39, 0.29) is 11.6 Å². The maximum absolute atomic E-state index is 13.5. The first-order chi connectivity index (χ1) is 9.92. The summed E-state index contributed by atoms with van der Waals surface area (Å²) in [4.78, 5) is 24.5. The second-order valence-electron chi connectivity index (χ2n) is 4.52. The number of carboxylic acids is 1. The fourth-order valence-corrected chi connectivity index (χ4v) is 2.95. The molecule has 0 aliphatic rings. The van der Waals surface area contributed by atoms with Gasteiger partial charge in [0.05, 0.1) is 10.4 Å². The van der Waals surface area contributed by atoms with Crippen LogP contribution < -0.4 is 5.32 Å². The number of carbonyl (C=O) groups excluding carboxylic acids is 1. The first-order valence-corrected chi connectivity index (χ1v) is 7.17. The maximum atomic E-state index is 13.5. The lowest BCUT2D eigenvalue weighted by Gasteiger charge is -2.05. The molecule has 21 heavy (non-hydrogen) atoms. The summed E-state index contributed by atoms with van der Waals surface area (Å²) in [6, 6.07) is 5.29. The van der Waals surface area contributed by atoms with Crippen LogP contribution >= 0.6 is 11.3 Å². The van der Waals surface area contributed by atoms with Crippen molar-refractivity contribution in [3.8, 4) is 0 Å². The summed E-state index contributed by atoms with van der Waals surface area (Å²) in [5.74, 6) is -2.55. The topological polar surface area (TPSA) is 66.4 Å². The minimum atomic E-state index is -1.34. The Hall–Kier alpha value is -2.21. The number of halogens is 1. The van der Waals surface area contributed by atoms with Gasteiger partial charge >= 0.3 is 5.97 Å². The van der Waals surface area contributed by atoms with Gasteiger partial charge in [0, 0.05) is 10.6 Å². The average molecular weight is 307 g/mol. The SMILES string of the molecule is CCc1sc(C(=O)Nc2ccc(C(=O)O)c(F)c2)cc1C. The van der Waals surface area contributed by atoms with Crippen LogP contribution in [0.25, 0.3) is 0 Å². The summed E-state index contributed by atoms with van der Waals surface area (Å²) in [6.07, 6.45) is 0.853. The Morgan fingerprint density at radius 2 is 2.05 bits per heavy atom. The predicted octanol–water partition coefficient (Wildman–Crippen LogP) is 3.71. The number of amides is 1. The van der Waals surface area contributed by atoms with Crippen molar-refractivity contribution < 1.29 is 19.1 Å². The second kappa shape index (κ2) is 6.05. The van der Waals surface area contributed by atoms with E-state index in [1.54, 1.807) is 6.07 Å². The number of hydrogen-bond acceptors (Lipinski definition) is 3. The zero-order chi connectivity index (χ0) is 15.6. The molecule has 0 saturated carbocycles. The van der Waals surface area contributed by atoms with E-state index in [1.807, 2.05) is 13.8 Å². The Balaban J connectivity index is 2.19. The molecule has 2 N–H and O–H groups in total. The third kappa shape index (κ3) is 3.28. The van der Waals surface area contributed by atoms with E-state index in [0.29, 0.717) is 4.88 Å². The number of benzene rings is 1. The lowest BCUT2D eigenvalue weighted by molar-refractivity contribution is 0.0692. The number of carboxylic acid groups (broad SMARTS) is 1. The molecule has 110 valence electrons. The van der Waals surface area contributed by atoms with E-state index in [4.69, 9.17) is 5.11 Å². The summed E-state index contributed by atoms with van der Waals surface area (Å²) in [7, 11) is 0. The number of rotatable bonds is 4. The number of aryl methyl sites for hydroxylation is 2. The molecule has 4 nitrogen and oxygen atoms in total. The smallest absolute Gasteiger partial charge is 0.338 e. The van der Waals surface area contributed by atoms with Crippen LogP contribution in [0.2, 0.25) is 0 Å². The van der Waals surface area contributed by atoms with Crippen LogP contribution in [0.1, 0.15) is 37.4 Å². The molecule has 0 saturated heterocycles. The van der Waals surface area contributed by atoms with Crippen LogP contribution in [0.15, 0.2) is 24.3 Å². The minimum Gasteiger partial charge on any atom is -0.478 e. The highest BCUT2D eigenvalue weighted by Crippen LogP contribution is 2.23. The van der Waals surface area contributed by atoms with Crippen molar-refractivity contribution in [3.63, 3.8) is 0 Å². The van der Waals surface area contributed by atoms with Gasteiger partial charge in [-0.1, -0.05) is 6.92 Å². The Bertz CT molecular complexity index is 709. The molecule has 1 amide bonds. The molecule has 0 unspecified atom stereocenters. The summed E-state index contributed by atoms with van der Waals surface area (Å²) in [5.41, 5.74) is 0.861. The fraction of sp³-hybridized carbons (Fsp3) is 0.200. The molecule has 1 aromatic carbocycles. The van der Waals surface area contributed by atoms with Gasteiger partial charge in [0.15, 0.2) is 0 Å². The lowest BCUT2D eigenvalue weighted by atomic mass is 10.2. The monoisotopic (exact) mass is 307 g/mol. The molecule has 0 aliphatic carbocycles. The van der Waals surface area contributed by atoms with Gasteiger partial charge in [0.2, 0.25) is 0 Å². The quantitative estimate of drug-likeness (QED) is 0.905. The van der Waals surface area contributed by atoms with Gasteiger partial charge in [-0.2, -0.15) is 0 Å². The van der Waals surface area contributed by atoms with Crippen molar-refractivity contribution in [3.05, 3.63) is 51.0 Å². The van der Waals surface area contributed by atoms with Gasteiger partial charge in [-0.3, -0.25) is 4.79 Å². The van der Waals surface area contributed by atoms with Gasteiger partial charge in [0.25, 0.3) is 5.91 Å². The molecule has 2 aromatic rings. The highest BCUT2D eigenvalue weighted by molar-refractivity contribution is 7.14. The second-order valence-corrected chi connectivity index (χ2v) is 5.66. The van der Waals surface area contributed by atoms with Crippen molar-refractivity contribution in [2.45, 2.75) is 20.3 Å². The van der Waals surface area contributed by atoms with E-state index < -0.39 is 17.3 Å². The summed E-state index contributed by atoms with van der Waals surface area (Å²) in [5, 5.41) is 11.3. The van der Waals surface area contributed by atoms with Crippen LogP contribution in [-0.2, 0) is 6.42 Å². The molecule has 0 spiro atoms. The maximum Gasteiger partial charge on any atom is 0.338 e. The third-order valence-electron chi connectivity index (χ3n) is 3.02. The normalized spacial score (nSPS) is 10.4. The average Bonchev–Trinajstić information content (AvgIpc) is 2.79. The number of thiophene rings is 1. The number of hydrogen-bond donors (Lipinski definition) is 2. The largest absolute Gasteiger partial charge is 0.478 e. The Kier molecular flexibility index (Phi) is 4.37. The molecule has 2 rings (SSSR count). The minimum absolute atomic E-state index is 0.228. The first kappa shape index (κ1) is 15.2. The molecule has 0 radical (unpaired) electrons. The Morgan fingerprint density at radius 3 is 2.57 bits per heavy atom.